The Kier molecular flexibility index (Phi) is 2.27. The van der Waals surface area contributed by atoms with Crippen LogP contribution in [0, 0.1) is 11.3 Å². The van der Waals surface area contributed by atoms with E-state index in [4.69, 9.17) is 5.11 Å². The lowest BCUT2D eigenvalue weighted by Crippen LogP contribution is -2.42. The minimum atomic E-state index is -4.45. The highest BCUT2D eigenvalue weighted by atomic mass is 19.4. The van der Waals surface area contributed by atoms with Crippen LogP contribution in [0.3, 0.4) is 0 Å². The predicted octanol–water partition coefficient (Wildman–Crippen LogP) is 0.859. The summed E-state index contributed by atoms with van der Waals surface area (Å²) in [4.78, 5) is 10.6. The molecule has 2 N–H and O–H groups in total. The van der Waals surface area contributed by atoms with E-state index in [-0.39, 0.29) is 13.1 Å². The Labute approximate surface area is 72.9 Å². The third kappa shape index (κ3) is 1.63. The van der Waals surface area contributed by atoms with Gasteiger partial charge in [-0.05, 0) is 6.92 Å². The number of carbonyl (C=O) groups is 1. The molecule has 1 aliphatic rings. The summed E-state index contributed by atoms with van der Waals surface area (Å²) in [6, 6.07) is 0. The summed E-state index contributed by atoms with van der Waals surface area (Å²) >= 11 is 0. The number of rotatable bonds is 1. The summed E-state index contributed by atoms with van der Waals surface area (Å²) in [6.45, 7) is 0.673. The van der Waals surface area contributed by atoms with Crippen molar-refractivity contribution in [1.82, 2.24) is 5.32 Å². The van der Waals surface area contributed by atoms with E-state index in [1.165, 1.54) is 0 Å². The number of hydrogen-bond donors (Lipinski definition) is 2. The quantitative estimate of drug-likeness (QED) is 0.655. The van der Waals surface area contributed by atoms with E-state index in [2.05, 4.69) is 5.32 Å². The van der Waals surface area contributed by atoms with Crippen LogP contribution in [0.25, 0.3) is 0 Å². The second kappa shape index (κ2) is 2.87. The number of hydrogen-bond acceptors (Lipinski definition) is 2. The van der Waals surface area contributed by atoms with E-state index < -0.39 is 23.5 Å². The number of alkyl halides is 3. The number of halogens is 3. The van der Waals surface area contributed by atoms with Gasteiger partial charge in [-0.2, -0.15) is 13.2 Å². The Hall–Kier alpha value is -0.780. The zero-order valence-corrected chi connectivity index (χ0v) is 6.98. The summed E-state index contributed by atoms with van der Waals surface area (Å²) in [5.41, 5.74) is -1.72. The van der Waals surface area contributed by atoms with Gasteiger partial charge in [-0.1, -0.05) is 0 Å². The molecule has 1 aliphatic heterocycles. The molecule has 1 heterocycles. The van der Waals surface area contributed by atoms with Gasteiger partial charge in [0.25, 0.3) is 0 Å². The van der Waals surface area contributed by atoms with E-state index in [9.17, 15) is 18.0 Å². The van der Waals surface area contributed by atoms with E-state index in [0.29, 0.717) is 0 Å². The third-order valence-corrected chi connectivity index (χ3v) is 2.49. The van der Waals surface area contributed by atoms with Gasteiger partial charge in [0, 0.05) is 13.1 Å². The van der Waals surface area contributed by atoms with Crippen molar-refractivity contribution in [3.8, 4) is 0 Å². The van der Waals surface area contributed by atoms with Gasteiger partial charge in [0.2, 0.25) is 0 Å². The maximum Gasteiger partial charge on any atom is 0.394 e. The summed E-state index contributed by atoms with van der Waals surface area (Å²) in [7, 11) is 0. The largest absolute Gasteiger partial charge is 0.481 e. The summed E-state index contributed by atoms with van der Waals surface area (Å²) < 4.78 is 36.9. The molecule has 0 saturated carbocycles. The van der Waals surface area contributed by atoms with Gasteiger partial charge in [0.15, 0.2) is 0 Å². The molecular formula is C7H10F3NO2. The number of nitrogens with one attached hydrogen (secondary N) is 1. The molecule has 0 bridgehead atoms. The van der Waals surface area contributed by atoms with E-state index >= 15 is 0 Å². The van der Waals surface area contributed by atoms with Crippen molar-refractivity contribution in [2.24, 2.45) is 11.3 Å². The Balaban J connectivity index is 2.93. The highest BCUT2D eigenvalue weighted by molar-refractivity contribution is 5.75. The zero-order valence-electron chi connectivity index (χ0n) is 6.98. The molecule has 0 spiro atoms. The molecule has 1 saturated heterocycles. The molecule has 76 valence electrons. The highest BCUT2D eigenvalue weighted by Gasteiger charge is 2.57. The van der Waals surface area contributed by atoms with Gasteiger partial charge in [-0.3, -0.25) is 4.79 Å². The highest BCUT2D eigenvalue weighted by Crippen LogP contribution is 2.42. The molecule has 6 heteroatoms. The van der Waals surface area contributed by atoms with Gasteiger partial charge >= 0.3 is 12.1 Å². The van der Waals surface area contributed by atoms with Crippen LogP contribution >= 0.6 is 0 Å². The summed E-state index contributed by atoms with van der Waals surface area (Å²) in [6.07, 6.45) is -4.45. The second-order valence-corrected chi connectivity index (χ2v) is 3.45. The monoisotopic (exact) mass is 197 g/mol. The fourth-order valence-electron chi connectivity index (χ4n) is 1.53. The molecular weight excluding hydrogens is 187 g/mol. The first-order valence-electron chi connectivity index (χ1n) is 3.79. The molecule has 0 amide bonds. The van der Waals surface area contributed by atoms with Crippen LogP contribution in [0.15, 0.2) is 0 Å². The van der Waals surface area contributed by atoms with Crippen LogP contribution in [-0.2, 0) is 4.79 Å². The van der Waals surface area contributed by atoms with Crippen molar-refractivity contribution in [2.45, 2.75) is 13.1 Å². The van der Waals surface area contributed by atoms with Crippen LogP contribution in [-0.4, -0.2) is 30.3 Å². The maximum atomic E-state index is 12.3. The molecule has 13 heavy (non-hydrogen) atoms. The summed E-state index contributed by atoms with van der Waals surface area (Å²) in [5.74, 6) is -3.20. The zero-order chi connectivity index (χ0) is 10.3. The maximum absolute atomic E-state index is 12.3. The van der Waals surface area contributed by atoms with Crippen molar-refractivity contribution in [1.29, 1.82) is 0 Å². The minimum Gasteiger partial charge on any atom is -0.481 e. The molecule has 0 radical (unpaired) electrons. The van der Waals surface area contributed by atoms with E-state index in [1.54, 1.807) is 0 Å². The van der Waals surface area contributed by atoms with Crippen LogP contribution in [0.4, 0.5) is 13.2 Å². The SMILES string of the molecule is C[C@]1(C(=O)O)CNC[C@H]1C(F)(F)F. The standard InChI is InChI=1S/C7H10F3NO2/c1-6(5(12)13)3-11-2-4(6)7(8,9)10/h4,11H,2-3H2,1H3,(H,12,13)/t4-,6+/m1/s1. The minimum absolute atomic E-state index is 0.132. The molecule has 2 atom stereocenters. The van der Waals surface area contributed by atoms with E-state index in [0.717, 1.165) is 6.92 Å². The van der Waals surface area contributed by atoms with Crippen molar-refractivity contribution in [3.05, 3.63) is 0 Å². The van der Waals surface area contributed by atoms with Crippen molar-refractivity contribution < 1.29 is 23.1 Å². The Morgan fingerprint density at radius 2 is 2.15 bits per heavy atom. The molecule has 1 fully saturated rings. The van der Waals surface area contributed by atoms with Crippen LogP contribution in [0.5, 0.6) is 0 Å². The smallest absolute Gasteiger partial charge is 0.394 e. The second-order valence-electron chi connectivity index (χ2n) is 3.45. The molecule has 0 unspecified atom stereocenters. The van der Waals surface area contributed by atoms with Gasteiger partial charge in [-0.25, -0.2) is 0 Å². The Morgan fingerprint density at radius 1 is 1.62 bits per heavy atom. The number of carboxylic acids is 1. The number of carboxylic acid groups (broad SMARTS) is 1. The fourth-order valence-corrected chi connectivity index (χ4v) is 1.53. The molecule has 1 rings (SSSR count). The summed E-state index contributed by atoms with van der Waals surface area (Å²) in [5, 5.41) is 11.1. The lowest BCUT2D eigenvalue weighted by Gasteiger charge is -2.27. The number of aliphatic carboxylic acids is 1. The van der Waals surface area contributed by atoms with Crippen LogP contribution in [0.2, 0.25) is 0 Å². The first-order chi connectivity index (χ1) is 5.78. The van der Waals surface area contributed by atoms with Crippen molar-refractivity contribution >= 4 is 5.97 Å². The third-order valence-electron chi connectivity index (χ3n) is 2.49. The van der Waals surface area contributed by atoms with E-state index in [1.807, 2.05) is 0 Å². The van der Waals surface area contributed by atoms with Gasteiger partial charge < -0.3 is 10.4 Å². The lowest BCUT2D eigenvalue weighted by molar-refractivity contribution is -0.201. The topological polar surface area (TPSA) is 49.3 Å². The molecule has 0 aliphatic carbocycles. The normalized spacial score (nSPS) is 34.9. The van der Waals surface area contributed by atoms with Gasteiger partial charge in [0.1, 0.15) is 0 Å². The van der Waals surface area contributed by atoms with Crippen molar-refractivity contribution in [3.63, 3.8) is 0 Å². The molecule has 0 aromatic carbocycles. The average molecular weight is 197 g/mol. The molecule has 0 aromatic rings. The van der Waals surface area contributed by atoms with Gasteiger partial charge in [-0.15, -0.1) is 0 Å². The Morgan fingerprint density at radius 3 is 2.46 bits per heavy atom. The Bertz CT molecular complexity index is 228. The molecule has 0 aromatic heterocycles. The lowest BCUT2D eigenvalue weighted by atomic mass is 9.79. The fraction of sp³-hybridized carbons (Fsp3) is 0.857. The van der Waals surface area contributed by atoms with Crippen LogP contribution in [0.1, 0.15) is 6.92 Å². The first-order valence-corrected chi connectivity index (χ1v) is 3.79. The van der Waals surface area contributed by atoms with Crippen molar-refractivity contribution in [2.75, 3.05) is 13.1 Å². The average Bonchev–Trinajstić information content (AvgIpc) is 2.31. The predicted molar refractivity (Wildman–Crippen MR) is 38.2 cm³/mol. The first kappa shape index (κ1) is 10.3. The molecule has 3 nitrogen and oxygen atoms in total. The van der Waals surface area contributed by atoms with Crippen LogP contribution < -0.4 is 5.32 Å². The van der Waals surface area contributed by atoms with Gasteiger partial charge in [0.05, 0.1) is 11.3 Å².